The van der Waals surface area contributed by atoms with E-state index in [2.05, 4.69) is 31.2 Å². The SMILES string of the molecule is CC1(C)C2CCC1(C)C(NC(=O)N1CC(c3ccccc3)C(CCCC(F)(F)F)=N1)C2. The fraction of sp³-hybridized carbons (Fsp3) is 0.667. The third-order valence-electron chi connectivity index (χ3n) is 8.43. The molecule has 2 aliphatic carbocycles. The lowest BCUT2D eigenvalue weighted by atomic mass is 9.69. The van der Waals surface area contributed by atoms with Gasteiger partial charge in [0, 0.05) is 24.1 Å². The average molecular weight is 436 g/mol. The van der Waals surface area contributed by atoms with Crippen LogP contribution in [0.25, 0.3) is 0 Å². The Morgan fingerprint density at radius 2 is 1.94 bits per heavy atom. The van der Waals surface area contributed by atoms with Crippen molar-refractivity contribution in [3.63, 3.8) is 0 Å². The second-order valence-electron chi connectivity index (χ2n) is 10.2. The Morgan fingerprint density at radius 3 is 2.52 bits per heavy atom. The number of halogens is 3. The normalized spacial score (nSPS) is 31.7. The molecule has 2 amide bonds. The van der Waals surface area contributed by atoms with Crippen molar-refractivity contribution in [2.75, 3.05) is 6.54 Å². The molecule has 7 heteroatoms. The highest BCUT2D eigenvalue weighted by molar-refractivity contribution is 5.94. The van der Waals surface area contributed by atoms with Crippen molar-refractivity contribution in [2.45, 2.75) is 77.4 Å². The molecule has 3 aliphatic rings. The van der Waals surface area contributed by atoms with Crippen molar-refractivity contribution >= 4 is 11.7 Å². The van der Waals surface area contributed by atoms with Crippen molar-refractivity contribution < 1.29 is 18.0 Å². The first-order valence-electron chi connectivity index (χ1n) is 11.3. The smallest absolute Gasteiger partial charge is 0.333 e. The van der Waals surface area contributed by atoms with E-state index in [0.29, 0.717) is 18.2 Å². The number of amides is 2. The second-order valence-corrected chi connectivity index (χ2v) is 10.2. The number of hydrogen-bond donors (Lipinski definition) is 1. The number of alkyl halides is 3. The van der Waals surface area contributed by atoms with Gasteiger partial charge in [-0.3, -0.25) is 0 Å². The predicted molar refractivity (Wildman–Crippen MR) is 115 cm³/mol. The minimum atomic E-state index is -4.18. The highest BCUT2D eigenvalue weighted by atomic mass is 19.4. The third-order valence-corrected chi connectivity index (χ3v) is 8.43. The van der Waals surface area contributed by atoms with E-state index in [4.69, 9.17) is 0 Å². The lowest BCUT2D eigenvalue weighted by Crippen LogP contribution is -2.50. The summed E-state index contributed by atoms with van der Waals surface area (Å²) in [5.74, 6) is 0.451. The standard InChI is InChI=1S/C24H32F3N3O/c1-22(2)17-11-13-23(22,3)20(14-17)28-21(31)30-15-18(16-8-5-4-6-9-16)19(29-30)10-7-12-24(25,26)27/h4-6,8-9,17-18,20H,7,10-15H2,1-3H3,(H,28,31). The zero-order valence-corrected chi connectivity index (χ0v) is 18.5. The Bertz CT molecular complexity index is 851. The number of urea groups is 1. The molecule has 1 aliphatic heterocycles. The first-order chi connectivity index (χ1) is 14.5. The molecule has 4 atom stereocenters. The van der Waals surface area contributed by atoms with Crippen molar-refractivity contribution in [3.05, 3.63) is 35.9 Å². The summed E-state index contributed by atoms with van der Waals surface area (Å²) in [5, 5.41) is 9.15. The summed E-state index contributed by atoms with van der Waals surface area (Å²) in [5.41, 5.74) is 1.89. The Morgan fingerprint density at radius 1 is 1.23 bits per heavy atom. The van der Waals surface area contributed by atoms with Crippen LogP contribution in [-0.2, 0) is 0 Å². The summed E-state index contributed by atoms with van der Waals surface area (Å²) < 4.78 is 37.9. The number of carbonyl (C=O) groups excluding carboxylic acids is 1. The number of nitrogens with one attached hydrogen (secondary N) is 1. The average Bonchev–Trinajstić information content (AvgIpc) is 3.27. The summed E-state index contributed by atoms with van der Waals surface area (Å²) in [6.07, 6.45) is -1.51. The van der Waals surface area contributed by atoms with Gasteiger partial charge in [0.1, 0.15) is 0 Å². The fourth-order valence-electron chi connectivity index (χ4n) is 6.00. The molecule has 1 aromatic rings. The molecule has 2 fully saturated rings. The van der Waals surface area contributed by atoms with Gasteiger partial charge in [0.15, 0.2) is 0 Å². The van der Waals surface area contributed by atoms with Crippen molar-refractivity contribution in [3.8, 4) is 0 Å². The number of nitrogens with zero attached hydrogens (tertiary/aromatic N) is 2. The van der Waals surface area contributed by atoms with Crippen LogP contribution in [-0.4, -0.2) is 35.5 Å². The summed E-state index contributed by atoms with van der Waals surface area (Å²) in [7, 11) is 0. The Kier molecular flexibility index (Phi) is 5.59. The first-order valence-corrected chi connectivity index (χ1v) is 11.3. The molecule has 0 spiro atoms. The zero-order chi connectivity index (χ0) is 22.4. The van der Waals surface area contributed by atoms with Crippen molar-refractivity contribution in [1.29, 1.82) is 0 Å². The predicted octanol–water partition coefficient (Wildman–Crippen LogP) is 6.10. The molecule has 0 saturated heterocycles. The highest BCUT2D eigenvalue weighted by Crippen LogP contribution is 2.65. The van der Waals surface area contributed by atoms with Gasteiger partial charge in [-0.1, -0.05) is 51.1 Å². The maximum Gasteiger partial charge on any atom is 0.389 e. The number of hydrogen-bond acceptors (Lipinski definition) is 2. The van der Waals surface area contributed by atoms with Crippen LogP contribution >= 0.6 is 0 Å². The van der Waals surface area contributed by atoms with Gasteiger partial charge in [-0.25, -0.2) is 9.80 Å². The maximum atomic E-state index is 13.1. The van der Waals surface area contributed by atoms with Crippen LogP contribution in [0.3, 0.4) is 0 Å². The molecular weight excluding hydrogens is 403 g/mol. The number of fused-ring (bicyclic) bond motifs is 2. The van der Waals surface area contributed by atoms with E-state index in [9.17, 15) is 18.0 Å². The van der Waals surface area contributed by atoms with Crippen LogP contribution in [0.5, 0.6) is 0 Å². The monoisotopic (exact) mass is 435 g/mol. The number of rotatable bonds is 5. The minimum absolute atomic E-state index is 0.0162. The summed E-state index contributed by atoms with van der Waals surface area (Å²) in [6.45, 7) is 7.24. The second kappa shape index (κ2) is 7.82. The Labute approximate surface area is 182 Å². The third kappa shape index (κ3) is 4.08. The largest absolute Gasteiger partial charge is 0.389 e. The van der Waals surface area contributed by atoms with Gasteiger partial charge >= 0.3 is 12.2 Å². The lowest BCUT2D eigenvalue weighted by molar-refractivity contribution is -0.135. The van der Waals surface area contributed by atoms with E-state index in [1.165, 1.54) is 11.4 Å². The minimum Gasteiger partial charge on any atom is -0.333 e. The van der Waals surface area contributed by atoms with E-state index in [0.717, 1.165) is 18.4 Å². The molecule has 1 N–H and O–H groups in total. The van der Waals surface area contributed by atoms with Gasteiger partial charge in [-0.15, -0.1) is 0 Å². The highest BCUT2D eigenvalue weighted by Gasteiger charge is 2.61. The van der Waals surface area contributed by atoms with Crippen LogP contribution < -0.4 is 5.32 Å². The van der Waals surface area contributed by atoms with E-state index >= 15 is 0 Å². The van der Waals surface area contributed by atoms with E-state index < -0.39 is 12.6 Å². The van der Waals surface area contributed by atoms with E-state index in [-0.39, 0.29) is 41.7 Å². The summed E-state index contributed by atoms with van der Waals surface area (Å²) >= 11 is 0. The molecule has 170 valence electrons. The van der Waals surface area contributed by atoms with Crippen LogP contribution in [0, 0.1) is 16.7 Å². The zero-order valence-electron chi connectivity index (χ0n) is 18.5. The van der Waals surface area contributed by atoms with Crippen molar-refractivity contribution in [2.24, 2.45) is 21.8 Å². The molecule has 2 saturated carbocycles. The molecule has 0 radical (unpaired) electrons. The number of benzene rings is 1. The first kappa shape index (κ1) is 22.2. The van der Waals surface area contributed by atoms with Crippen LogP contribution in [0.1, 0.15) is 70.8 Å². The number of hydrazone groups is 1. The van der Waals surface area contributed by atoms with Gasteiger partial charge in [-0.05, 0) is 54.4 Å². The van der Waals surface area contributed by atoms with E-state index in [1.54, 1.807) is 0 Å². The molecule has 1 heterocycles. The Hall–Kier alpha value is -2.05. The van der Waals surface area contributed by atoms with Crippen LogP contribution in [0.2, 0.25) is 0 Å². The molecule has 0 aromatic heterocycles. The van der Waals surface area contributed by atoms with Crippen LogP contribution in [0.4, 0.5) is 18.0 Å². The molecule has 31 heavy (non-hydrogen) atoms. The molecule has 4 rings (SSSR count). The quantitative estimate of drug-likeness (QED) is 0.597. The van der Waals surface area contributed by atoms with Gasteiger partial charge < -0.3 is 5.32 Å². The maximum absolute atomic E-state index is 13.1. The molecular formula is C24H32F3N3O. The lowest BCUT2D eigenvalue weighted by Gasteiger charge is -2.39. The molecule has 1 aromatic carbocycles. The van der Waals surface area contributed by atoms with Gasteiger partial charge in [-0.2, -0.15) is 18.3 Å². The van der Waals surface area contributed by atoms with Crippen LogP contribution in [0.15, 0.2) is 35.4 Å². The van der Waals surface area contributed by atoms with Gasteiger partial charge in [0.25, 0.3) is 0 Å². The van der Waals surface area contributed by atoms with E-state index in [1.807, 2.05) is 30.3 Å². The summed E-state index contributed by atoms with van der Waals surface area (Å²) in [4.78, 5) is 13.1. The fourth-order valence-corrected chi connectivity index (χ4v) is 6.00. The van der Waals surface area contributed by atoms with Crippen molar-refractivity contribution in [1.82, 2.24) is 10.3 Å². The molecule has 4 nitrogen and oxygen atoms in total. The summed E-state index contributed by atoms with van der Waals surface area (Å²) in [6, 6.07) is 9.49. The van der Waals surface area contributed by atoms with Gasteiger partial charge in [0.05, 0.1) is 6.54 Å². The van der Waals surface area contributed by atoms with Gasteiger partial charge in [0.2, 0.25) is 0 Å². The molecule has 2 bridgehead atoms. The topological polar surface area (TPSA) is 44.7 Å². The number of carbonyl (C=O) groups is 1. The Balaban J connectivity index is 1.47. The molecule has 4 unspecified atom stereocenters.